The molecule has 3 aromatic rings. The van der Waals surface area contributed by atoms with Crippen molar-refractivity contribution >= 4 is 16.7 Å². The SMILES string of the molecule is Cc1cc(-c2ccc(F)c3c(F)cccc23)nc(N)n1. The first kappa shape index (κ1) is 12.5. The van der Waals surface area contributed by atoms with Gasteiger partial charge in [-0.3, -0.25) is 0 Å². The lowest BCUT2D eigenvalue weighted by atomic mass is 10.0. The van der Waals surface area contributed by atoms with Crippen molar-refractivity contribution in [2.45, 2.75) is 6.92 Å². The number of benzene rings is 2. The van der Waals surface area contributed by atoms with Gasteiger partial charge in [0, 0.05) is 11.3 Å². The number of nitrogen functional groups attached to an aromatic ring is 1. The van der Waals surface area contributed by atoms with Crippen LogP contribution in [0.25, 0.3) is 22.0 Å². The standard InChI is InChI=1S/C15H11F2N3/c1-8-7-13(20-15(18)19-8)9-5-6-12(17)14-10(9)3-2-4-11(14)16/h2-7H,1H3,(H2,18,19,20). The zero-order valence-electron chi connectivity index (χ0n) is 10.7. The number of fused-ring (bicyclic) bond motifs is 1. The maximum atomic E-state index is 13.8. The topological polar surface area (TPSA) is 51.8 Å². The lowest BCUT2D eigenvalue weighted by molar-refractivity contribution is 0.608. The highest BCUT2D eigenvalue weighted by molar-refractivity contribution is 5.96. The molecule has 20 heavy (non-hydrogen) atoms. The summed E-state index contributed by atoms with van der Waals surface area (Å²) in [5.74, 6) is -1.06. The molecule has 2 aromatic carbocycles. The van der Waals surface area contributed by atoms with Gasteiger partial charge >= 0.3 is 0 Å². The first-order valence-electron chi connectivity index (χ1n) is 6.04. The number of nitrogens with zero attached hydrogens (tertiary/aromatic N) is 2. The molecule has 0 radical (unpaired) electrons. The van der Waals surface area contributed by atoms with Crippen molar-refractivity contribution in [2.75, 3.05) is 5.73 Å². The van der Waals surface area contributed by atoms with Crippen LogP contribution in [-0.4, -0.2) is 9.97 Å². The molecule has 3 nitrogen and oxygen atoms in total. The van der Waals surface area contributed by atoms with Crippen LogP contribution in [0.2, 0.25) is 0 Å². The molecule has 1 aromatic heterocycles. The summed E-state index contributed by atoms with van der Waals surface area (Å²) in [7, 11) is 0. The fourth-order valence-corrected chi connectivity index (χ4v) is 2.27. The molecule has 0 fully saturated rings. The summed E-state index contributed by atoms with van der Waals surface area (Å²) < 4.78 is 27.6. The van der Waals surface area contributed by atoms with E-state index in [1.807, 2.05) is 0 Å². The molecule has 0 bridgehead atoms. The van der Waals surface area contributed by atoms with Crippen LogP contribution in [0.3, 0.4) is 0 Å². The summed E-state index contributed by atoms with van der Waals surface area (Å²) in [6, 6.07) is 8.96. The third-order valence-corrected chi connectivity index (χ3v) is 3.09. The zero-order chi connectivity index (χ0) is 14.3. The second-order valence-corrected chi connectivity index (χ2v) is 4.51. The molecule has 0 aliphatic heterocycles. The highest BCUT2D eigenvalue weighted by Gasteiger charge is 2.13. The lowest BCUT2D eigenvalue weighted by Gasteiger charge is -2.09. The summed E-state index contributed by atoms with van der Waals surface area (Å²) >= 11 is 0. The van der Waals surface area contributed by atoms with Gasteiger partial charge in [0.1, 0.15) is 11.6 Å². The Bertz CT molecular complexity index is 787. The van der Waals surface area contributed by atoms with E-state index in [1.54, 1.807) is 25.1 Å². The summed E-state index contributed by atoms with van der Waals surface area (Å²) in [6.45, 7) is 1.79. The number of hydrogen-bond donors (Lipinski definition) is 1. The van der Waals surface area contributed by atoms with E-state index in [9.17, 15) is 8.78 Å². The molecular formula is C15H11F2N3. The number of aryl methyl sites for hydroxylation is 1. The number of halogens is 2. The fraction of sp³-hybridized carbons (Fsp3) is 0.0667. The fourth-order valence-electron chi connectivity index (χ4n) is 2.27. The number of nitrogens with two attached hydrogens (primary N) is 1. The Morgan fingerprint density at radius 3 is 2.50 bits per heavy atom. The van der Waals surface area contributed by atoms with Crippen LogP contribution in [-0.2, 0) is 0 Å². The number of rotatable bonds is 1. The Morgan fingerprint density at radius 2 is 1.75 bits per heavy atom. The van der Waals surface area contributed by atoms with Gasteiger partial charge in [0.25, 0.3) is 0 Å². The average molecular weight is 271 g/mol. The van der Waals surface area contributed by atoms with E-state index in [-0.39, 0.29) is 11.3 Å². The smallest absolute Gasteiger partial charge is 0.220 e. The highest BCUT2D eigenvalue weighted by atomic mass is 19.1. The van der Waals surface area contributed by atoms with Gasteiger partial charge in [0.15, 0.2) is 0 Å². The monoisotopic (exact) mass is 271 g/mol. The zero-order valence-corrected chi connectivity index (χ0v) is 10.7. The summed E-state index contributed by atoms with van der Waals surface area (Å²) in [5.41, 5.74) is 7.50. The van der Waals surface area contributed by atoms with Gasteiger partial charge in [-0.1, -0.05) is 12.1 Å². The van der Waals surface area contributed by atoms with Crippen molar-refractivity contribution in [1.29, 1.82) is 0 Å². The van der Waals surface area contributed by atoms with Crippen LogP contribution in [0.15, 0.2) is 36.4 Å². The predicted octanol–water partition coefficient (Wildman–Crippen LogP) is 3.47. The molecule has 0 amide bonds. The predicted molar refractivity (Wildman–Crippen MR) is 74.0 cm³/mol. The van der Waals surface area contributed by atoms with Gasteiger partial charge in [-0.15, -0.1) is 0 Å². The first-order valence-corrected chi connectivity index (χ1v) is 6.04. The van der Waals surface area contributed by atoms with Crippen LogP contribution >= 0.6 is 0 Å². The molecule has 3 rings (SSSR count). The van der Waals surface area contributed by atoms with Crippen molar-refractivity contribution in [1.82, 2.24) is 9.97 Å². The molecule has 0 aliphatic rings. The molecular weight excluding hydrogens is 260 g/mol. The molecule has 100 valence electrons. The highest BCUT2D eigenvalue weighted by Crippen LogP contribution is 2.31. The van der Waals surface area contributed by atoms with E-state index in [2.05, 4.69) is 9.97 Å². The molecule has 0 unspecified atom stereocenters. The van der Waals surface area contributed by atoms with E-state index < -0.39 is 11.6 Å². The van der Waals surface area contributed by atoms with E-state index in [0.717, 1.165) is 0 Å². The van der Waals surface area contributed by atoms with Gasteiger partial charge < -0.3 is 5.73 Å². The Balaban J connectivity index is 2.37. The van der Waals surface area contributed by atoms with Gasteiger partial charge in [0.2, 0.25) is 5.95 Å². The Hall–Kier alpha value is -2.56. The van der Waals surface area contributed by atoms with Crippen molar-refractivity contribution in [3.63, 3.8) is 0 Å². The molecule has 2 N–H and O–H groups in total. The quantitative estimate of drug-likeness (QED) is 0.737. The number of anilines is 1. The van der Waals surface area contributed by atoms with Gasteiger partial charge in [-0.05, 0) is 36.6 Å². The van der Waals surface area contributed by atoms with Gasteiger partial charge in [-0.2, -0.15) is 0 Å². The third kappa shape index (κ3) is 1.97. The van der Waals surface area contributed by atoms with Crippen molar-refractivity contribution < 1.29 is 8.78 Å². The molecule has 0 saturated heterocycles. The van der Waals surface area contributed by atoms with Crippen LogP contribution in [0, 0.1) is 18.6 Å². The molecule has 5 heteroatoms. The Labute approximate surface area is 114 Å². The minimum atomic E-state index is -0.597. The average Bonchev–Trinajstić information content (AvgIpc) is 2.38. The molecule has 1 heterocycles. The van der Waals surface area contributed by atoms with Crippen LogP contribution in [0.5, 0.6) is 0 Å². The van der Waals surface area contributed by atoms with E-state index in [1.165, 1.54) is 18.2 Å². The Morgan fingerprint density at radius 1 is 1.00 bits per heavy atom. The lowest BCUT2D eigenvalue weighted by Crippen LogP contribution is -1.99. The minimum absolute atomic E-state index is 0.0418. The van der Waals surface area contributed by atoms with Crippen LogP contribution in [0.1, 0.15) is 5.69 Å². The normalized spacial score (nSPS) is 10.9. The summed E-state index contributed by atoms with van der Waals surface area (Å²) in [4.78, 5) is 8.13. The second kappa shape index (κ2) is 4.52. The summed E-state index contributed by atoms with van der Waals surface area (Å²) in [6.07, 6.45) is 0. The van der Waals surface area contributed by atoms with E-state index in [4.69, 9.17) is 5.73 Å². The maximum absolute atomic E-state index is 13.8. The van der Waals surface area contributed by atoms with Crippen LogP contribution < -0.4 is 5.73 Å². The molecule has 0 saturated carbocycles. The van der Waals surface area contributed by atoms with E-state index in [0.29, 0.717) is 22.3 Å². The maximum Gasteiger partial charge on any atom is 0.220 e. The molecule has 0 spiro atoms. The molecule has 0 aliphatic carbocycles. The van der Waals surface area contributed by atoms with Crippen molar-refractivity contribution in [2.24, 2.45) is 0 Å². The summed E-state index contributed by atoms with van der Waals surface area (Å²) in [5, 5.41) is 0.419. The first-order chi connectivity index (χ1) is 9.56. The minimum Gasteiger partial charge on any atom is -0.368 e. The van der Waals surface area contributed by atoms with Gasteiger partial charge in [0.05, 0.1) is 11.1 Å². The number of hydrogen-bond acceptors (Lipinski definition) is 3. The Kier molecular flexibility index (Phi) is 2.82. The van der Waals surface area contributed by atoms with Crippen LogP contribution in [0.4, 0.5) is 14.7 Å². The second-order valence-electron chi connectivity index (χ2n) is 4.51. The van der Waals surface area contributed by atoms with Crippen molar-refractivity contribution in [3.8, 4) is 11.3 Å². The largest absolute Gasteiger partial charge is 0.368 e. The van der Waals surface area contributed by atoms with Crippen molar-refractivity contribution in [3.05, 3.63) is 53.7 Å². The third-order valence-electron chi connectivity index (χ3n) is 3.09. The number of aromatic nitrogens is 2. The van der Waals surface area contributed by atoms with E-state index >= 15 is 0 Å². The van der Waals surface area contributed by atoms with Gasteiger partial charge in [-0.25, -0.2) is 18.7 Å². The molecule has 0 atom stereocenters.